The van der Waals surface area contributed by atoms with Crippen LogP contribution in [0.3, 0.4) is 0 Å². The Hall–Kier alpha value is -1.09. The second kappa shape index (κ2) is 8.16. The summed E-state index contributed by atoms with van der Waals surface area (Å²) in [5.74, 6) is 0.328. The molecule has 0 bridgehead atoms. The Balaban J connectivity index is 2.82. The molecule has 0 aliphatic heterocycles. The third kappa shape index (κ3) is 4.50. The SMILES string of the molecule is CCCNC(CCC)C(C)c1ccc(OC)c(F)c1. The fourth-order valence-corrected chi connectivity index (χ4v) is 2.37. The van der Waals surface area contributed by atoms with E-state index in [2.05, 4.69) is 26.1 Å². The van der Waals surface area contributed by atoms with E-state index in [4.69, 9.17) is 4.74 Å². The maximum absolute atomic E-state index is 13.8. The molecule has 1 rings (SSSR count). The fourth-order valence-electron chi connectivity index (χ4n) is 2.37. The molecule has 2 nitrogen and oxygen atoms in total. The largest absolute Gasteiger partial charge is 0.494 e. The highest BCUT2D eigenvalue weighted by Crippen LogP contribution is 2.26. The molecule has 1 aromatic carbocycles. The maximum Gasteiger partial charge on any atom is 0.165 e. The van der Waals surface area contributed by atoms with Gasteiger partial charge in [-0.3, -0.25) is 0 Å². The van der Waals surface area contributed by atoms with E-state index in [1.54, 1.807) is 12.1 Å². The molecular formula is C16H26FNO. The minimum absolute atomic E-state index is 0.280. The van der Waals surface area contributed by atoms with E-state index >= 15 is 0 Å². The average Bonchev–Trinajstić information content (AvgIpc) is 2.42. The summed E-state index contributed by atoms with van der Waals surface area (Å²) >= 11 is 0. The Labute approximate surface area is 116 Å². The first-order valence-electron chi connectivity index (χ1n) is 7.20. The van der Waals surface area contributed by atoms with Gasteiger partial charge in [0.25, 0.3) is 0 Å². The molecule has 1 aromatic rings. The van der Waals surface area contributed by atoms with Gasteiger partial charge < -0.3 is 10.1 Å². The van der Waals surface area contributed by atoms with Gasteiger partial charge in [0.1, 0.15) is 0 Å². The number of rotatable bonds is 8. The lowest BCUT2D eigenvalue weighted by molar-refractivity contribution is 0.383. The van der Waals surface area contributed by atoms with Crippen LogP contribution in [0.15, 0.2) is 18.2 Å². The van der Waals surface area contributed by atoms with Crippen molar-refractivity contribution < 1.29 is 9.13 Å². The monoisotopic (exact) mass is 267 g/mol. The molecule has 0 radical (unpaired) electrons. The molecule has 0 saturated carbocycles. The van der Waals surface area contributed by atoms with Crippen LogP contribution in [-0.2, 0) is 0 Å². The van der Waals surface area contributed by atoms with E-state index in [9.17, 15) is 4.39 Å². The van der Waals surface area contributed by atoms with Crippen molar-refractivity contribution in [3.63, 3.8) is 0 Å². The lowest BCUT2D eigenvalue weighted by Gasteiger charge is -2.25. The summed E-state index contributed by atoms with van der Waals surface area (Å²) in [5, 5.41) is 3.56. The van der Waals surface area contributed by atoms with Gasteiger partial charge >= 0.3 is 0 Å². The molecule has 0 saturated heterocycles. The standard InChI is InChI=1S/C16H26FNO/c1-5-7-15(18-10-6-2)12(3)13-8-9-16(19-4)14(17)11-13/h8-9,11-12,15,18H,5-7,10H2,1-4H3. The molecule has 0 heterocycles. The molecule has 0 amide bonds. The summed E-state index contributed by atoms with van der Waals surface area (Å²) in [7, 11) is 1.49. The van der Waals surface area contributed by atoms with Crippen LogP contribution in [0, 0.1) is 5.82 Å². The van der Waals surface area contributed by atoms with Gasteiger partial charge in [-0.05, 0) is 43.0 Å². The molecule has 1 N–H and O–H groups in total. The van der Waals surface area contributed by atoms with Crippen LogP contribution >= 0.6 is 0 Å². The first-order chi connectivity index (χ1) is 9.13. The molecule has 2 atom stereocenters. The van der Waals surface area contributed by atoms with Crippen LogP contribution in [0.25, 0.3) is 0 Å². The Bertz CT molecular complexity index is 381. The number of methoxy groups -OCH3 is 1. The first kappa shape index (κ1) is 16.0. The van der Waals surface area contributed by atoms with Gasteiger partial charge in [-0.1, -0.05) is 33.3 Å². The van der Waals surface area contributed by atoms with Gasteiger partial charge in [0.15, 0.2) is 11.6 Å². The molecule has 108 valence electrons. The summed E-state index contributed by atoms with van der Waals surface area (Å²) in [6.07, 6.45) is 3.35. The van der Waals surface area contributed by atoms with Gasteiger partial charge in [0.05, 0.1) is 7.11 Å². The third-order valence-electron chi connectivity index (χ3n) is 3.56. The van der Waals surface area contributed by atoms with Crippen LogP contribution in [0.5, 0.6) is 5.75 Å². The summed E-state index contributed by atoms with van der Waals surface area (Å²) in [5.41, 5.74) is 1.03. The lowest BCUT2D eigenvalue weighted by Crippen LogP contribution is -2.34. The lowest BCUT2D eigenvalue weighted by atomic mass is 9.90. The average molecular weight is 267 g/mol. The van der Waals surface area contributed by atoms with E-state index in [0.717, 1.165) is 31.4 Å². The maximum atomic E-state index is 13.8. The molecule has 19 heavy (non-hydrogen) atoms. The highest BCUT2D eigenvalue weighted by Gasteiger charge is 2.18. The van der Waals surface area contributed by atoms with Crippen LogP contribution < -0.4 is 10.1 Å². The third-order valence-corrected chi connectivity index (χ3v) is 3.56. The molecule has 0 spiro atoms. The number of nitrogens with one attached hydrogen (secondary N) is 1. The van der Waals surface area contributed by atoms with E-state index in [1.165, 1.54) is 7.11 Å². The zero-order chi connectivity index (χ0) is 14.3. The molecular weight excluding hydrogens is 241 g/mol. The zero-order valence-corrected chi connectivity index (χ0v) is 12.5. The minimum atomic E-state index is -0.280. The van der Waals surface area contributed by atoms with Crippen molar-refractivity contribution in [1.29, 1.82) is 0 Å². The van der Waals surface area contributed by atoms with Crippen LogP contribution in [0.4, 0.5) is 4.39 Å². The molecule has 2 unspecified atom stereocenters. The summed E-state index contributed by atoms with van der Waals surface area (Å²) in [6, 6.07) is 5.67. The Morgan fingerprint density at radius 1 is 1.26 bits per heavy atom. The summed E-state index contributed by atoms with van der Waals surface area (Å²) in [4.78, 5) is 0. The van der Waals surface area contributed by atoms with Crippen LogP contribution in [-0.4, -0.2) is 19.7 Å². The first-order valence-corrected chi connectivity index (χ1v) is 7.20. The molecule has 0 fully saturated rings. The topological polar surface area (TPSA) is 21.3 Å². The number of hydrogen-bond donors (Lipinski definition) is 1. The summed E-state index contributed by atoms with van der Waals surface area (Å²) < 4.78 is 18.7. The zero-order valence-electron chi connectivity index (χ0n) is 12.5. The van der Waals surface area contributed by atoms with Gasteiger partial charge in [0.2, 0.25) is 0 Å². The van der Waals surface area contributed by atoms with Crippen LogP contribution in [0.2, 0.25) is 0 Å². The van der Waals surface area contributed by atoms with Crippen molar-refractivity contribution in [1.82, 2.24) is 5.32 Å². The van der Waals surface area contributed by atoms with Gasteiger partial charge in [0, 0.05) is 6.04 Å². The van der Waals surface area contributed by atoms with Crippen molar-refractivity contribution in [2.75, 3.05) is 13.7 Å². The van der Waals surface area contributed by atoms with Gasteiger partial charge in [-0.25, -0.2) is 4.39 Å². The Kier molecular flexibility index (Phi) is 6.85. The van der Waals surface area contributed by atoms with Crippen LogP contribution in [0.1, 0.15) is 51.5 Å². The molecule has 0 aliphatic carbocycles. The van der Waals surface area contributed by atoms with Gasteiger partial charge in [-0.2, -0.15) is 0 Å². The second-order valence-corrected chi connectivity index (χ2v) is 5.03. The second-order valence-electron chi connectivity index (χ2n) is 5.03. The summed E-state index contributed by atoms with van der Waals surface area (Å²) in [6.45, 7) is 7.51. The van der Waals surface area contributed by atoms with Crippen molar-refractivity contribution in [3.8, 4) is 5.75 Å². The molecule has 3 heteroatoms. The van der Waals surface area contributed by atoms with Crippen molar-refractivity contribution in [3.05, 3.63) is 29.6 Å². The quantitative estimate of drug-likeness (QED) is 0.765. The van der Waals surface area contributed by atoms with Crippen molar-refractivity contribution in [2.24, 2.45) is 0 Å². The van der Waals surface area contributed by atoms with Crippen molar-refractivity contribution >= 4 is 0 Å². The Morgan fingerprint density at radius 3 is 2.53 bits per heavy atom. The molecule has 0 aromatic heterocycles. The van der Waals surface area contributed by atoms with E-state index < -0.39 is 0 Å². The van der Waals surface area contributed by atoms with E-state index in [1.807, 2.05) is 6.07 Å². The Morgan fingerprint density at radius 2 is 2.00 bits per heavy atom. The van der Waals surface area contributed by atoms with E-state index in [-0.39, 0.29) is 5.82 Å². The fraction of sp³-hybridized carbons (Fsp3) is 0.625. The van der Waals surface area contributed by atoms with Gasteiger partial charge in [-0.15, -0.1) is 0 Å². The number of hydrogen-bond acceptors (Lipinski definition) is 2. The smallest absolute Gasteiger partial charge is 0.165 e. The van der Waals surface area contributed by atoms with Crippen molar-refractivity contribution in [2.45, 2.75) is 52.0 Å². The molecule has 0 aliphatic rings. The number of ether oxygens (including phenoxy) is 1. The van der Waals surface area contributed by atoms with E-state index in [0.29, 0.717) is 17.7 Å². The highest BCUT2D eigenvalue weighted by atomic mass is 19.1. The number of benzene rings is 1. The minimum Gasteiger partial charge on any atom is -0.494 e. The normalized spacial score (nSPS) is 14.2. The number of halogens is 1. The predicted octanol–water partition coefficient (Wildman–Crippen LogP) is 4.11. The predicted molar refractivity (Wildman–Crippen MR) is 78.4 cm³/mol. The highest BCUT2D eigenvalue weighted by molar-refractivity contribution is 5.31.